The van der Waals surface area contributed by atoms with Crippen molar-refractivity contribution in [3.8, 4) is 0 Å². The summed E-state index contributed by atoms with van der Waals surface area (Å²) in [6.45, 7) is 15.4. The van der Waals surface area contributed by atoms with Crippen LogP contribution in [0.2, 0.25) is 18.1 Å². The number of rotatable bonds is 18. The highest BCUT2D eigenvalue weighted by molar-refractivity contribution is 6.74. The number of hydrogen-bond acceptors (Lipinski definition) is 7. The first-order valence-corrected chi connectivity index (χ1v) is 19.6. The molecule has 3 rings (SSSR count). The second-order valence-electron chi connectivity index (χ2n) is 14.3. The number of carbonyl (C=O) groups is 2. The maximum absolute atomic E-state index is 13.3. The quantitative estimate of drug-likeness (QED) is 0.0746. The molecule has 0 radical (unpaired) electrons. The normalized spacial score (nSPS) is 21.2. The van der Waals surface area contributed by atoms with Crippen LogP contribution < -0.4 is 0 Å². The van der Waals surface area contributed by atoms with Gasteiger partial charge in [0, 0.05) is 30.8 Å². The average molecular weight is 653 g/mol. The fourth-order valence-corrected chi connectivity index (χ4v) is 7.81. The van der Waals surface area contributed by atoms with Crippen molar-refractivity contribution >= 4 is 20.6 Å². The van der Waals surface area contributed by atoms with E-state index in [0.717, 1.165) is 23.8 Å². The second-order valence-corrected chi connectivity index (χ2v) is 19.1. The molecule has 7 nitrogen and oxygen atoms in total. The molecule has 0 unspecified atom stereocenters. The third kappa shape index (κ3) is 9.86. The van der Waals surface area contributed by atoms with Crippen LogP contribution in [-0.4, -0.2) is 52.1 Å². The van der Waals surface area contributed by atoms with Gasteiger partial charge in [-0.15, -0.1) is 0 Å². The molecule has 254 valence electrons. The lowest BCUT2D eigenvalue weighted by atomic mass is 9.56. The van der Waals surface area contributed by atoms with Crippen molar-refractivity contribution in [1.29, 1.82) is 0 Å². The molecule has 8 heteroatoms. The largest absolute Gasteiger partial charge is 0.512 e. The summed E-state index contributed by atoms with van der Waals surface area (Å²) in [6.07, 6.45) is 3.92. The molecule has 0 bridgehead atoms. The van der Waals surface area contributed by atoms with Crippen molar-refractivity contribution < 1.29 is 33.3 Å². The molecular formula is C38H56O7Si. The number of aliphatic hydroxyl groups is 1. The molecule has 0 heterocycles. The number of methoxy groups -OCH3 is 1. The Morgan fingerprint density at radius 1 is 1.00 bits per heavy atom. The number of allylic oxidation sites excluding steroid dienone is 1. The van der Waals surface area contributed by atoms with Crippen molar-refractivity contribution in [2.24, 2.45) is 17.3 Å². The zero-order chi connectivity index (χ0) is 33.8. The van der Waals surface area contributed by atoms with Gasteiger partial charge >= 0.3 is 5.97 Å². The van der Waals surface area contributed by atoms with Crippen LogP contribution in [0, 0.1) is 17.3 Å². The van der Waals surface area contributed by atoms with Gasteiger partial charge < -0.3 is 28.5 Å². The van der Waals surface area contributed by atoms with Crippen LogP contribution in [0.1, 0.15) is 77.3 Å². The van der Waals surface area contributed by atoms with Crippen LogP contribution in [-0.2, 0) is 41.4 Å². The predicted molar refractivity (Wildman–Crippen MR) is 185 cm³/mol. The number of carbonyl (C=O) groups excluding carboxylic acids is 2. The van der Waals surface area contributed by atoms with E-state index in [4.69, 9.17) is 18.6 Å². The summed E-state index contributed by atoms with van der Waals surface area (Å²) in [5, 5.41) is 11.4. The Morgan fingerprint density at radius 2 is 1.59 bits per heavy atom. The van der Waals surface area contributed by atoms with Crippen LogP contribution >= 0.6 is 0 Å². The standard InChI is InChI=1S/C38H56O7Si/c1-37(2,3)46(6,7)45-34(22-16-24-43-26-29-17-10-8-11-18-29)38(4)31(28-44-27-30-19-12-9-13-20-30)25-33(40)35(36(41)42-5)32(38)21-14-15-23-39/h8-13,17-20,23,31-32,34,40H,14-16,21-22,24-28H2,1-7H3/t31-,32+,34+,38+/m1/s1. The van der Waals surface area contributed by atoms with Gasteiger partial charge in [-0.25, -0.2) is 4.79 Å². The third-order valence-corrected chi connectivity index (χ3v) is 14.7. The van der Waals surface area contributed by atoms with E-state index in [-0.39, 0.29) is 35.2 Å². The van der Waals surface area contributed by atoms with Gasteiger partial charge in [-0.2, -0.15) is 0 Å². The van der Waals surface area contributed by atoms with E-state index >= 15 is 0 Å². The number of aliphatic hydroxyl groups excluding tert-OH is 1. The van der Waals surface area contributed by atoms with Crippen molar-refractivity contribution in [1.82, 2.24) is 0 Å². The van der Waals surface area contributed by atoms with Gasteiger partial charge in [0.15, 0.2) is 8.32 Å². The second kappa shape index (κ2) is 17.4. The predicted octanol–water partition coefficient (Wildman–Crippen LogP) is 8.59. The number of benzene rings is 2. The Balaban J connectivity index is 2.01. The third-order valence-electron chi connectivity index (χ3n) is 10.2. The SMILES string of the molecule is COC(=O)C1=C(O)C[C@H](COCc2ccccc2)[C@](C)([C@H](CCCOCc2ccccc2)O[Si](C)(C)C(C)(C)C)[C@H]1CCCC=O. The van der Waals surface area contributed by atoms with E-state index in [2.05, 4.69) is 52.9 Å². The van der Waals surface area contributed by atoms with E-state index < -0.39 is 19.7 Å². The molecule has 1 aliphatic carbocycles. The maximum atomic E-state index is 13.3. The average Bonchev–Trinajstić information content (AvgIpc) is 3.02. The zero-order valence-electron chi connectivity index (χ0n) is 29.1. The van der Waals surface area contributed by atoms with Gasteiger partial charge in [-0.3, -0.25) is 0 Å². The molecule has 1 aliphatic rings. The Kier molecular flexibility index (Phi) is 14.2. The molecule has 0 spiro atoms. The number of ether oxygens (including phenoxy) is 3. The van der Waals surface area contributed by atoms with Crippen molar-refractivity contribution in [3.63, 3.8) is 0 Å². The molecular weight excluding hydrogens is 596 g/mol. The minimum atomic E-state index is -2.31. The number of unbranched alkanes of at least 4 members (excludes halogenated alkanes) is 1. The van der Waals surface area contributed by atoms with Gasteiger partial charge in [0.05, 0.1) is 38.6 Å². The Morgan fingerprint density at radius 3 is 2.13 bits per heavy atom. The van der Waals surface area contributed by atoms with Crippen LogP contribution in [0.4, 0.5) is 0 Å². The lowest BCUT2D eigenvalue weighted by molar-refractivity contribution is -0.141. The zero-order valence-corrected chi connectivity index (χ0v) is 30.1. The van der Waals surface area contributed by atoms with Crippen LogP contribution in [0.25, 0.3) is 0 Å². The molecule has 46 heavy (non-hydrogen) atoms. The minimum Gasteiger partial charge on any atom is -0.512 e. The highest BCUT2D eigenvalue weighted by Gasteiger charge is 2.55. The molecule has 2 aromatic carbocycles. The van der Waals surface area contributed by atoms with E-state index in [9.17, 15) is 14.7 Å². The summed E-state index contributed by atoms with van der Waals surface area (Å²) in [6, 6.07) is 20.2. The van der Waals surface area contributed by atoms with E-state index in [1.54, 1.807) is 0 Å². The van der Waals surface area contributed by atoms with Crippen molar-refractivity contribution in [2.75, 3.05) is 20.3 Å². The van der Waals surface area contributed by atoms with Gasteiger partial charge in [0.25, 0.3) is 0 Å². The Hall–Kier alpha value is -2.78. The van der Waals surface area contributed by atoms with Gasteiger partial charge in [-0.1, -0.05) is 88.4 Å². The van der Waals surface area contributed by atoms with Crippen LogP contribution in [0.15, 0.2) is 72.0 Å². The molecule has 0 saturated heterocycles. The maximum Gasteiger partial charge on any atom is 0.337 e. The van der Waals surface area contributed by atoms with E-state index in [1.165, 1.54) is 7.11 Å². The first-order chi connectivity index (χ1) is 21.8. The number of aldehydes is 1. The lowest BCUT2D eigenvalue weighted by Crippen LogP contribution is -2.56. The molecule has 0 saturated carbocycles. The van der Waals surface area contributed by atoms with E-state index in [0.29, 0.717) is 57.7 Å². The number of esters is 1. The van der Waals surface area contributed by atoms with Crippen LogP contribution in [0.5, 0.6) is 0 Å². The van der Waals surface area contributed by atoms with E-state index in [1.807, 2.05) is 48.5 Å². The van der Waals surface area contributed by atoms with Crippen molar-refractivity contribution in [3.05, 3.63) is 83.1 Å². The van der Waals surface area contributed by atoms with Crippen molar-refractivity contribution in [2.45, 2.75) is 104 Å². The molecule has 0 amide bonds. The van der Waals surface area contributed by atoms with Crippen LogP contribution in [0.3, 0.4) is 0 Å². The Bertz CT molecular complexity index is 1250. The number of hydrogen-bond donors (Lipinski definition) is 1. The summed E-state index contributed by atoms with van der Waals surface area (Å²) in [7, 11) is -0.956. The highest BCUT2D eigenvalue weighted by atomic mass is 28.4. The van der Waals surface area contributed by atoms with Gasteiger partial charge in [0.2, 0.25) is 0 Å². The summed E-state index contributed by atoms with van der Waals surface area (Å²) < 4.78 is 25.0. The monoisotopic (exact) mass is 652 g/mol. The first-order valence-electron chi connectivity index (χ1n) is 16.7. The summed E-state index contributed by atoms with van der Waals surface area (Å²) in [5.41, 5.74) is 1.90. The molecule has 0 aromatic heterocycles. The fourth-order valence-electron chi connectivity index (χ4n) is 6.37. The van der Waals surface area contributed by atoms with Gasteiger partial charge in [0.1, 0.15) is 12.0 Å². The highest BCUT2D eigenvalue weighted by Crippen LogP contribution is 2.55. The molecule has 1 N–H and O–H groups in total. The topological polar surface area (TPSA) is 91.3 Å². The summed E-state index contributed by atoms with van der Waals surface area (Å²) in [4.78, 5) is 24.7. The smallest absolute Gasteiger partial charge is 0.337 e. The summed E-state index contributed by atoms with van der Waals surface area (Å²) >= 11 is 0. The molecule has 2 aromatic rings. The molecule has 0 aliphatic heterocycles. The Labute approximate surface area is 277 Å². The molecule has 4 atom stereocenters. The fraction of sp³-hybridized carbons (Fsp3) is 0.579. The van der Waals surface area contributed by atoms with Gasteiger partial charge in [-0.05, 0) is 60.9 Å². The lowest BCUT2D eigenvalue weighted by Gasteiger charge is -2.54. The first kappa shape index (κ1) is 37.7. The molecule has 0 fully saturated rings. The summed E-state index contributed by atoms with van der Waals surface area (Å²) in [5.74, 6) is -1.02. The minimum absolute atomic E-state index is 0.0461.